The molecule has 2 aromatic rings. The fourth-order valence-electron chi connectivity index (χ4n) is 4.56. The average Bonchev–Trinajstić information content (AvgIpc) is 3.03. The summed E-state index contributed by atoms with van der Waals surface area (Å²) in [6.45, 7) is 7.00. The van der Waals surface area contributed by atoms with Crippen molar-refractivity contribution in [3.8, 4) is 17.2 Å². The molecule has 1 amide bonds. The van der Waals surface area contributed by atoms with Gasteiger partial charge in [0.15, 0.2) is 23.7 Å². The number of alkyl carbamates (subject to hydrolysis) is 1. The van der Waals surface area contributed by atoms with Crippen molar-refractivity contribution in [2.75, 3.05) is 14.2 Å². The number of esters is 4. The summed E-state index contributed by atoms with van der Waals surface area (Å²) in [5, 5.41) is 13.2. The third-order valence-electron chi connectivity index (χ3n) is 6.58. The van der Waals surface area contributed by atoms with Gasteiger partial charge in [0.1, 0.15) is 23.5 Å². The predicted octanol–water partition coefficient (Wildman–Crippen LogP) is 1.50. The van der Waals surface area contributed by atoms with E-state index >= 15 is 0 Å². The highest BCUT2D eigenvalue weighted by atomic mass is 32.3. The second-order valence-corrected chi connectivity index (χ2v) is 12.9. The number of amides is 1. The Labute approximate surface area is 293 Å². The summed E-state index contributed by atoms with van der Waals surface area (Å²) < 4.78 is 72.5. The highest BCUT2D eigenvalue weighted by molar-refractivity contribution is 7.82. The van der Waals surface area contributed by atoms with Crippen molar-refractivity contribution in [3.05, 3.63) is 54.1 Å². The van der Waals surface area contributed by atoms with E-state index < -0.39 is 88.5 Å². The predicted molar refractivity (Wildman–Crippen MR) is 170 cm³/mol. The minimum Gasteiger partial charge on any atom is -0.467 e. The molecule has 0 bridgehead atoms. The molecule has 2 N–H and O–H groups in total. The maximum atomic E-state index is 13.0. The van der Waals surface area contributed by atoms with E-state index in [0.717, 1.165) is 28.1 Å². The molecule has 280 valence electrons. The number of hydrogen-bond acceptors (Lipinski definition) is 17. The molecule has 1 fully saturated rings. The van der Waals surface area contributed by atoms with Gasteiger partial charge in [-0.05, 0) is 50.6 Å². The first-order valence-electron chi connectivity index (χ1n) is 15.1. The van der Waals surface area contributed by atoms with Gasteiger partial charge in [-0.3, -0.25) is 9.59 Å². The Kier molecular flexibility index (Phi) is 13.6. The van der Waals surface area contributed by atoms with Crippen molar-refractivity contribution in [1.82, 2.24) is 5.32 Å². The van der Waals surface area contributed by atoms with E-state index in [-0.39, 0.29) is 17.9 Å². The van der Waals surface area contributed by atoms with E-state index in [0.29, 0.717) is 5.56 Å². The first-order chi connectivity index (χ1) is 23.8. The van der Waals surface area contributed by atoms with Crippen molar-refractivity contribution >= 4 is 40.4 Å². The van der Waals surface area contributed by atoms with E-state index in [9.17, 15) is 37.5 Å². The number of aliphatic hydroxyl groups is 1. The molecule has 3 rings (SSSR count). The van der Waals surface area contributed by atoms with Crippen molar-refractivity contribution in [1.29, 1.82) is 0 Å². The maximum absolute atomic E-state index is 13.0. The molecule has 0 radical (unpaired) electrons. The molecule has 51 heavy (non-hydrogen) atoms. The summed E-state index contributed by atoms with van der Waals surface area (Å²) in [7, 11) is -2.71. The Morgan fingerprint density at radius 1 is 0.863 bits per heavy atom. The van der Waals surface area contributed by atoms with Gasteiger partial charge in [0.2, 0.25) is 12.4 Å². The third-order valence-corrected chi connectivity index (χ3v) is 7.36. The van der Waals surface area contributed by atoms with Crippen LogP contribution in [0, 0.1) is 0 Å². The molecule has 18 nitrogen and oxygen atoms in total. The van der Waals surface area contributed by atoms with Crippen molar-refractivity contribution < 1.29 is 79.0 Å². The van der Waals surface area contributed by atoms with E-state index in [1.807, 2.05) is 0 Å². The largest absolute Gasteiger partial charge is 0.501 e. The van der Waals surface area contributed by atoms with Crippen molar-refractivity contribution in [2.24, 2.45) is 0 Å². The molecular weight excluding hydrogens is 702 g/mol. The number of rotatable bonds is 13. The SMILES string of the molecule is COC(=O)C(Cc1ccc(OS(=O)(=O)Oc2ccccc2O[C@@H]2O[C@H](C(=O)OC)[C@@H](O)[C@H](OC(C)=O)[C@H]2OC(C)=O)cc1)NC(=O)OC(C)(C)C. The quantitative estimate of drug-likeness (QED) is 0.219. The lowest BCUT2D eigenvalue weighted by Gasteiger charge is -2.41. The van der Waals surface area contributed by atoms with Crippen LogP contribution in [0.5, 0.6) is 17.2 Å². The van der Waals surface area contributed by atoms with Crippen LogP contribution in [0.15, 0.2) is 48.5 Å². The normalized spacial score (nSPS) is 20.8. The monoisotopic (exact) mass is 741 g/mol. The van der Waals surface area contributed by atoms with Gasteiger partial charge in [0.05, 0.1) is 14.2 Å². The average molecular weight is 742 g/mol. The van der Waals surface area contributed by atoms with Crippen LogP contribution < -0.4 is 18.4 Å². The van der Waals surface area contributed by atoms with E-state index in [4.69, 9.17) is 36.8 Å². The van der Waals surface area contributed by atoms with Crippen LogP contribution in [-0.4, -0.2) is 100 Å². The second kappa shape index (κ2) is 17.2. The zero-order valence-electron chi connectivity index (χ0n) is 28.7. The third kappa shape index (κ3) is 12.0. The van der Waals surface area contributed by atoms with Gasteiger partial charge in [-0.25, -0.2) is 14.4 Å². The first-order valence-corrected chi connectivity index (χ1v) is 16.5. The minimum absolute atomic E-state index is 0.0378. The lowest BCUT2D eigenvalue weighted by molar-refractivity contribution is -0.279. The van der Waals surface area contributed by atoms with E-state index in [2.05, 4.69) is 10.1 Å². The number of carbonyl (C=O) groups is 5. The lowest BCUT2D eigenvalue weighted by Crippen LogP contribution is -2.63. The molecule has 1 unspecified atom stereocenters. The Hall–Kier alpha value is -5.14. The summed E-state index contributed by atoms with van der Waals surface area (Å²) in [4.78, 5) is 60.7. The topological polar surface area (TPSA) is 235 Å². The number of para-hydroxylation sites is 2. The molecule has 2 aromatic carbocycles. The molecule has 19 heteroatoms. The molecule has 0 aromatic heterocycles. The number of hydrogen-bond donors (Lipinski definition) is 2. The maximum Gasteiger partial charge on any atom is 0.501 e. The lowest BCUT2D eigenvalue weighted by atomic mass is 9.98. The van der Waals surface area contributed by atoms with Gasteiger partial charge >= 0.3 is 40.4 Å². The Morgan fingerprint density at radius 2 is 1.45 bits per heavy atom. The van der Waals surface area contributed by atoms with Gasteiger partial charge in [-0.15, -0.1) is 8.42 Å². The molecule has 1 aliphatic rings. The van der Waals surface area contributed by atoms with Crippen molar-refractivity contribution in [3.63, 3.8) is 0 Å². The number of nitrogens with one attached hydrogen (secondary N) is 1. The fourth-order valence-corrected chi connectivity index (χ4v) is 5.30. The van der Waals surface area contributed by atoms with Crippen molar-refractivity contribution in [2.45, 2.75) is 83.4 Å². The smallest absolute Gasteiger partial charge is 0.467 e. The number of benzene rings is 2. The van der Waals surface area contributed by atoms with Gasteiger partial charge in [0, 0.05) is 20.3 Å². The molecule has 6 atom stereocenters. The highest BCUT2D eigenvalue weighted by Crippen LogP contribution is 2.34. The van der Waals surface area contributed by atoms with Crippen LogP contribution in [0.2, 0.25) is 0 Å². The number of methoxy groups -OCH3 is 2. The molecule has 0 spiro atoms. The zero-order valence-corrected chi connectivity index (χ0v) is 29.5. The Balaban J connectivity index is 1.79. The summed E-state index contributed by atoms with van der Waals surface area (Å²) in [5.74, 6) is -4.59. The number of aliphatic hydroxyl groups excluding tert-OH is 1. The van der Waals surface area contributed by atoms with Gasteiger partial charge < -0.3 is 51.9 Å². The van der Waals surface area contributed by atoms with E-state index in [1.165, 1.54) is 48.5 Å². The van der Waals surface area contributed by atoms with Crippen LogP contribution in [0.3, 0.4) is 0 Å². The van der Waals surface area contributed by atoms with Crippen LogP contribution in [-0.2, 0) is 64.4 Å². The van der Waals surface area contributed by atoms with E-state index in [1.54, 1.807) is 20.8 Å². The van der Waals surface area contributed by atoms with Crippen LogP contribution >= 0.6 is 0 Å². The van der Waals surface area contributed by atoms with Crippen LogP contribution in [0.25, 0.3) is 0 Å². The zero-order chi connectivity index (χ0) is 38.1. The summed E-state index contributed by atoms with van der Waals surface area (Å²) in [5.41, 5.74) is -0.325. The molecule has 0 saturated carbocycles. The molecular formula is C32H39NO17S. The Morgan fingerprint density at radius 3 is 2.00 bits per heavy atom. The fraction of sp³-hybridized carbons (Fsp3) is 0.469. The molecule has 0 aliphatic carbocycles. The van der Waals surface area contributed by atoms with Crippen LogP contribution in [0.1, 0.15) is 40.2 Å². The number of carbonyl (C=O) groups excluding carboxylic acids is 5. The first kappa shape index (κ1) is 40.3. The summed E-state index contributed by atoms with van der Waals surface area (Å²) in [6.07, 6.45) is -9.62. The van der Waals surface area contributed by atoms with Crippen LogP contribution in [0.4, 0.5) is 4.79 Å². The molecule has 1 saturated heterocycles. The van der Waals surface area contributed by atoms with Gasteiger partial charge in [0.25, 0.3) is 0 Å². The standard InChI is InChI=1S/C32H39NO17S/c1-17(34)44-25-24(36)26(29(38)43-7)47-30(27(25)45-18(2)35)46-22-10-8-9-11-23(22)50-51(40,41)49-20-14-12-19(13-15-20)16-21(28(37)42-6)33-31(39)48-32(3,4)5/h8-15,21,24-27,30,36H,16H2,1-7H3,(H,33,39)/t21?,24-,25-,26-,27+,30+/m0/s1. The number of ether oxygens (including phenoxy) is 7. The highest BCUT2D eigenvalue weighted by Gasteiger charge is 2.53. The summed E-state index contributed by atoms with van der Waals surface area (Å²) in [6, 6.07) is 9.55. The van der Waals surface area contributed by atoms with Gasteiger partial charge in [-0.2, -0.15) is 0 Å². The minimum atomic E-state index is -4.87. The molecule has 1 aliphatic heterocycles. The Bertz CT molecular complexity index is 1670. The van der Waals surface area contributed by atoms with Gasteiger partial charge in [-0.1, -0.05) is 24.3 Å². The second-order valence-electron chi connectivity index (χ2n) is 11.8. The summed E-state index contributed by atoms with van der Waals surface area (Å²) >= 11 is 0. The molecule has 1 heterocycles.